The minimum absolute atomic E-state index is 0. The molecule has 0 aromatic carbocycles. The molecule has 22 heavy (non-hydrogen) atoms. The molecule has 1 aromatic heterocycles. The van der Waals surface area contributed by atoms with Crippen LogP contribution in [-0.4, -0.2) is 60.0 Å². The molecular formula is C15H27ClN4O2. The Bertz CT molecular complexity index is 433. The van der Waals surface area contributed by atoms with Crippen LogP contribution in [0.1, 0.15) is 26.7 Å². The molecule has 2 heterocycles. The van der Waals surface area contributed by atoms with Crippen molar-refractivity contribution in [2.45, 2.75) is 32.2 Å². The molecule has 1 amide bonds. The number of hydrogen-bond donors (Lipinski definition) is 1. The minimum atomic E-state index is -0.545. The van der Waals surface area contributed by atoms with E-state index in [1.165, 1.54) is 0 Å². The van der Waals surface area contributed by atoms with Gasteiger partial charge in [-0.3, -0.25) is 9.48 Å². The van der Waals surface area contributed by atoms with Gasteiger partial charge in [-0.25, -0.2) is 0 Å². The molecular weight excluding hydrogens is 304 g/mol. The van der Waals surface area contributed by atoms with Crippen molar-refractivity contribution in [1.82, 2.24) is 20.0 Å². The van der Waals surface area contributed by atoms with Gasteiger partial charge in [0.2, 0.25) is 0 Å². The van der Waals surface area contributed by atoms with Crippen molar-refractivity contribution in [2.24, 2.45) is 0 Å². The van der Waals surface area contributed by atoms with Gasteiger partial charge in [0, 0.05) is 32.1 Å². The number of nitrogens with zero attached hydrogens (tertiary/aromatic N) is 3. The predicted octanol–water partition coefficient (Wildman–Crippen LogP) is 1.27. The fraction of sp³-hybridized carbons (Fsp3) is 0.733. The van der Waals surface area contributed by atoms with E-state index in [0.717, 1.165) is 25.9 Å². The van der Waals surface area contributed by atoms with Gasteiger partial charge >= 0.3 is 0 Å². The van der Waals surface area contributed by atoms with Gasteiger partial charge in [-0.1, -0.05) is 0 Å². The van der Waals surface area contributed by atoms with Crippen LogP contribution < -0.4 is 5.32 Å². The fourth-order valence-electron chi connectivity index (χ4n) is 2.92. The molecule has 0 unspecified atom stereocenters. The third-order valence-corrected chi connectivity index (χ3v) is 4.15. The van der Waals surface area contributed by atoms with Crippen LogP contribution >= 0.6 is 12.4 Å². The normalized spacial score (nSPS) is 16.8. The third-order valence-electron chi connectivity index (χ3n) is 4.15. The maximum Gasteiger partial charge on any atom is 0.250 e. The number of aromatic nitrogens is 2. The molecule has 2 rings (SSSR count). The zero-order chi connectivity index (χ0) is 15.1. The lowest BCUT2D eigenvalue weighted by molar-refractivity contribution is -0.143. The number of hydrogen-bond acceptors (Lipinski definition) is 4. The van der Waals surface area contributed by atoms with Gasteiger partial charge < -0.3 is 15.0 Å². The topological polar surface area (TPSA) is 59.4 Å². The number of carbonyl (C=O) groups is 1. The molecule has 0 atom stereocenters. The smallest absolute Gasteiger partial charge is 0.250 e. The highest BCUT2D eigenvalue weighted by Gasteiger charge is 2.43. The second-order valence-electron chi connectivity index (χ2n) is 5.31. The van der Waals surface area contributed by atoms with Gasteiger partial charge in [0.1, 0.15) is 5.54 Å². The van der Waals surface area contributed by atoms with Crippen molar-refractivity contribution < 1.29 is 9.53 Å². The lowest BCUT2D eigenvalue weighted by Crippen LogP contribution is -2.56. The number of ether oxygens (including phenoxy) is 1. The molecule has 0 saturated carbocycles. The van der Waals surface area contributed by atoms with Gasteiger partial charge in [-0.05, 0) is 45.8 Å². The lowest BCUT2D eigenvalue weighted by Gasteiger charge is -2.40. The van der Waals surface area contributed by atoms with Gasteiger partial charge in [0.15, 0.2) is 0 Å². The van der Waals surface area contributed by atoms with Crippen molar-refractivity contribution in [3.63, 3.8) is 0 Å². The maximum atomic E-state index is 13.1. The van der Waals surface area contributed by atoms with E-state index in [1.807, 2.05) is 35.7 Å². The molecule has 1 saturated heterocycles. The SMILES string of the molecule is CCOCCN(CC)C(=O)C1(n2cccn2)CCNCC1.Cl. The summed E-state index contributed by atoms with van der Waals surface area (Å²) in [6.07, 6.45) is 5.20. The second-order valence-corrected chi connectivity index (χ2v) is 5.31. The number of carbonyl (C=O) groups excluding carboxylic acids is 1. The highest BCUT2D eigenvalue weighted by atomic mass is 35.5. The van der Waals surface area contributed by atoms with Crippen LogP contribution in [0.2, 0.25) is 0 Å². The molecule has 1 fully saturated rings. The van der Waals surface area contributed by atoms with Gasteiger partial charge in [-0.2, -0.15) is 5.10 Å². The van der Waals surface area contributed by atoms with Crippen molar-refractivity contribution in [3.05, 3.63) is 18.5 Å². The molecule has 0 spiro atoms. The standard InChI is InChI=1S/C15H26N4O2.ClH/c1-3-18(12-13-21-4-2)14(20)15(6-9-16-10-7-15)19-11-5-8-17-19;/h5,8,11,16H,3-4,6-7,9-10,12-13H2,1-2H3;1H. The van der Waals surface area contributed by atoms with Crippen molar-refractivity contribution >= 4 is 18.3 Å². The Morgan fingerprint density at radius 2 is 2.14 bits per heavy atom. The molecule has 1 aromatic rings. The van der Waals surface area contributed by atoms with Gasteiger partial charge in [-0.15, -0.1) is 12.4 Å². The quantitative estimate of drug-likeness (QED) is 0.765. The van der Waals surface area contributed by atoms with Crippen LogP contribution in [0.25, 0.3) is 0 Å². The summed E-state index contributed by atoms with van der Waals surface area (Å²) in [5.74, 6) is 0.162. The summed E-state index contributed by atoms with van der Waals surface area (Å²) in [5, 5.41) is 7.69. The minimum Gasteiger partial charge on any atom is -0.380 e. The second kappa shape index (κ2) is 9.12. The van der Waals surface area contributed by atoms with Crippen molar-refractivity contribution in [1.29, 1.82) is 0 Å². The number of rotatable bonds is 7. The fourth-order valence-corrected chi connectivity index (χ4v) is 2.92. The maximum absolute atomic E-state index is 13.1. The molecule has 1 aliphatic rings. The number of piperidine rings is 1. The third kappa shape index (κ3) is 4.00. The zero-order valence-electron chi connectivity index (χ0n) is 13.5. The average Bonchev–Trinajstić information content (AvgIpc) is 3.07. The largest absolute Gasteiger partial charge is 0.380 e. The highest BCUT2D eigenvalue weighted by molar-refractivity contribution is 5.85. The van der Waals surface area contributed by atoms with E-state index in [9.17, 15) is 4.79 Å². The van der Waals surface area contributed by atoms with E-state index in [-0.39, 0.29) is 18.3 Å². The van der Waals surface area contributed by atoms with E-state index in [0.29, 0.717) is 26.3 Å². The van der Waals surface area contributed by atoms with Crippen LogP contribution in [0.3, 0.4) is 0 Å². The lowest BCUT2D eigenvalue weighted by atomic mass is 9.86. The Morgan fingerprint density at radius 3 is 2.68 bits per heavy atom. The summed E-state index contributed by atoms with van der Waals surface area (Å²) in [4.78, 5) is 15.0. The number of likely N-dealkylation sites (N-methyl/N-ethyl adjacent to an activating group) is 1. The average molecular weight is 331 g/mol. The molecule has 1 N–H and O–H groups in total. The molecule has 7 heteroatoms. The molecule has 0 radical (unpaired) electrons. The Labute approximate surface area is 138 Å². The number of amides is 1. The molecule has 0 aliphatic carbocycles. The summed E-state index contributed by atoms with van der Waals surface area (Å²) in [7, 11) is 0. The molecule has 126 valence electrons. The van der Waals surface area contributed by atoms with Crippen LogP contribution in [0.15, 0.2) is 18.5 Å². The summed E-state index contributed by atoms with van der Waals surface area (Å²) in [5.41, 5.74) is -0.545. The Hall–Kier alpha value is -1.11. The molecule has 1 aliphatic heterocycles. The van der Waals surface area contributed by atoms with E-state index in [2.05, 4.69) is 10.4 Å². The first-order chi connectivity index (χ1) is 10.2. The summed E-state index contributed by atoms with van der Waals surface area (Å²) in [6, 6.07) is 1.88. The van der Waals surface area contributed by atoms with Crippen molar-refractivity contribution in [2.75, 3.05) is 39.4 Å². The van der Waals surface area contributed by atoms with Crippen molar-refractivity contribution in [3.8, 4) is 0 Å². The van der Waals surface area contributed by atoms with Gasteiger partial charge in [0.25, 0.3) is 5.91 Å². The van der Waals surface area contributed by atoms with Crippen LogP contribution in [0, 0.1) is 0 Å². The monoisotopic (exact) mass is 330 g/mol. The van der Waals surface area contributed by atoms with Gasteiger partial charge in [0.05, 0.1) is 6.61 Å². The summed E-state index contributed by atoms with van der Waals surface area (Å²) in [6.45, 7) is 8.27. The van der Waals surface area contributed by atoms with E-state index < -0.39 is 5.54 Å². The molecule has 0 bridgehead atoms. The van der Waals surface area contributed by atoms with Crippen LogP contribution in [0.5, 0.6) is 0 Å². The van der Waals surface area contributed by atoms with Crippen LogP contribution in [0.4, 0.5) is 0 Å². The van der Waals surface area contributed by atoms with E-state index >= 15 is 0 Å². The molecule has 6 nitrogen and oxygen atoms in total. The summed E-state index contributed by atoms with van der Waals surface area (Å²) >= 11 is 0. The first kappa shape index (κ1) is 18.9. The Kier molecular flexibility index (Phi) is 7.85. The highest BCUT2D eigenvalue weighted by Crippen LogP contribution is 2.29. The Morgan fingerprint density at radius 1 is 1.41 bits per heavy atom. The van der Waals surface area contributed by atoms with E-state index in [4.69, 9.17) is 4.74 Å². The summed E-state index contributed by atoms with van der Waals surface area (Å²) < 4.78 is 7.25. The zero-order valence-corrected chi connectivity index (χ0v) is 14.3. The number of nitrogens with one attached hydrogen (secondary N) is 1. The van der Waals surface area contributed by atoms with Crippen LogP contribution in [-0.2, 0) is 15.1 Å². The first-order valence-corrected chi connectivity index (χ1v) is 7.82. The predicted molar refractivity (Wildman–Crippen MR) is 88.3 cm³/mol. The Balaban J connectivity index is 0.00000242. The van der Waals surface area contributed by atoms with E-state index in [1.54, 1.807) is 6.20 Å². The number of halogens is 1. The first-order valence-electron chi connectivity index (χ1n) is 7.82.